The molecule has 0 aromatic heterocycles. The van der Waals surface area contributed by atoms with Gasteiger partial charge in [0.05, 0.1) is 32.0 Å². The molecular weight excluding hydrogens is 1430 g/mol. The van der Waals surface area contributed by atoms with Crippen LogP contribution in [0, 0.1) is 5.92 Å². The van der Waals surface area contributed by atoms with E-state index in [2.05, 4.69) is 63.2 Å². The highest BCUT2D eigenvalue weighted by molar-refractivity contribution is 5.80. The van der Waals surface area contributed by atoms with Crippen LogP contribution in [-0.2, 0) is 90.6 Å². The summed E-state index contributed by atoms with van der Waals surface area (Å²) in [4.78, 5) is 130. The van der Waals surface area contributed by atoms with Crippen LogP contribution in [0.2, 0.25) is 0 Å². The number of ether oxygens (including phenoxy) is 9. The van der Waals surface area contributed by atoms with Crippen molar-refractivity contribution in [3.63, 3.8) is 0 Å². The highest BCUT2D eigenvalue weighted by Gasteiger charge is 2.49. The standard InChI is InChI=1S/C67H117N13O28/c1-39(84)77-54-60(96)57(93)45(33-81)106-65(54)100-28-11-6-17-48(87)69-21-14-24-72-51(90)36-103-43-31-42(64(99)75-20-9-4-5-10-27-76-80-68)32-44(104-37-52(91)73-25-15-22-70-49(88)18-7-12-29-101-66-55(78-40(2)85)61(97)58(94)46(34-82)107-66)63(43)105-38-53(92)74-26-16-23-71-50(89)19-8-13-30-102-67-56(79-41(3)86)62(98)59(95)47(35-83)108-67/h42-47,54-63,65-67,81-83,93-98H,4-38H2,1-3H3,(H,69,87)(H,70,88)(H,71,89)(H,72,90)(H,73,91)(H,74,92)(H,75,99)(H,77,84)(H,78,85)(H,79,86)/t42?,43-,44-,45-,46-,47-,54-,55-,56-,57+,58+,59+,60-,61-,62-,63?,65-,66-,67-/m1/s1. The number of carbonyl (C=O) groups excluding carboxylic acids is 10. The number of carbonyl (C=O) groups is 10. The molecule has 108 heavy (non-hydrogen) atoms. The summed E-state index contributed by atoms with van der Waals surface area (Å²) in [6, 6.07) is -3.33. The average molecular weight is 1550 g/mol. The van der Waals surface area contributed by atoms with Gasteiger partial charge in [0.25, 0.3) is 0 Å². The van der Waals surface area contributed by atoms with Gasteiger partial charge in [-0.15, -0.1) is 0 Å². The molecule has 0 aromatic rings. The van der Waals surface area contributed by atoms with Gasteiger partial charge in [0.1, 0.15) is 99.0 Å². The molecular formula is C67H117N13O28. The van der Waals surface area contributed by atoms with E-state index in [9.17, 15) is 93.9 Å². The Hall–Kier alpha value is -6.71. The van der Waals surface area contributed by atoms with Crippen LogP contribution in [0.3, 0.4) is 0 Å². The summed E-state index contributed by atoms with van der Waals surface area (Å²) >= 11 is 0. The number of amides is 10. The van der Waals surface area contributed by atoms with Crippen molar-refractivity contribution >= 4 is 59.1 Å². The molecule has 4 aliphatic rings. The smallest absolute Gasteiger partial charge is 0.246 e. The van der Waals surface area contributed by atoms with Crippen molar-refractivity contribution < 1.29 is 137 Å². The molecule has 3 aliphatic heterocycles. The van der Waals surface area contributed by atoms with Gasteiger partial charge >= 0.3 is 0 Å². The van der Waals surface area contributed by atoms with Crippen molar-refractivity contribution in [2.45, 2.75) is 247 Å². The summed E-state index contributed by atoms with van der Waals surface area (Å²) < 4.78 is 52.4. The van der Waals surface area contributed by atoms with Crippen LogP contribution in [0.5, 0.6) is 0 Å². The van der Waals surface area contributed by atoms with Gasteiger partial charge in [-0.3, -0.25) is 47.9 Å². The Morgan fingerprint density at radius 3 is 1.03 bits per heavy atom. The molecule has 19 N–H and O–H groups in total. The van der Waals surface area contributed by atoms with Crippen LogP contribution in [0.25, 0.3) is 10.4 Å². The van der Waals surface area contributed by atoms with Crippen molar-refractivity contribution in [3.05, 3.63) is 10.4 Å². The molecule has 0 bridgehead atoms. The summed E-state index contributed by atoms with van der Waals surface area (Å²) in [7, 11) is 0. The molecule has 17 atom stereocenters. The maximum absolute atomic E-state index is 13.9. The third-order valence-corrected chi connectivity index (χ3v) is 17.9. The number of aliphatic hydroxyl groups is 9. The Kier molecular flexibility index (Phi) is 46.2. The van der Waals surface area contributed by atoms with Crippen molar-refractivity contribution in [2.24, 2.45) is 11.0 Å². The lowest BCUT2D eigenvalue weighted by Gasteiger charge is -2.42. The minimum absolute atomic E-state index is 0.00997. The zero-order chi connectivity index (χ0) is 79.3. The zero-order valence-electron chi connectivity index (χ0n) is 61.8. The Morgan fingerprint density at radius 1 is 0.389 bits per heavy atom. The van der Waals surface area contributed by atoms with Gasteiger partial charge < -0.3 is 142 Å². The van der Waals surface area contributed by atoms with Crippen molar-refractivity contribution in [2.75, 3.05) is 112 Å². The molecule has 1 aliphatic carbocycles. The number of hydrogen-bond acceptors (Lipinski definition) is 29. The first-order valence-corrected chi connectivity index (χ1v) is 37.1. The van der Waals surface area contributed by atoms with Gasteiger partial charge in [-0.2, -0.15) is 0 Å². The molecule has 4 rings (SSSR count). The number of azide groups is 1. The Labute approximate surface area is 626 Å². The van der Waals surface area contributed by atoms with E-state index in [0.717, 1.165) is 12.8 Å². The first-order chi connectivity index (χ1) is 51.8. The minimum Gasteiger partial charge on any atom is -0.394 e. The molecule has 0 radical (unpaired) electrons. The molecule has 3 saturated heterocycles. The van der Waals surface area contributed by atoms with E-state index in [0.29, 0.717) is 83.7 Å². The average Bonchev–Trinajstić information content (AvgIpc) is 0.830. The fourth-order valence-electron chi connectivity index (χ4n) is 12.2. The van der Waals surface area contributed by atoms with Crippen LogP contribution in [-0.4, -0.2) is 327 Å². The fraction of sp³-hybridized carbons (Fsp3) is 0.851. The van der Waals surface area contributed by atoms with Gasteiger partial charge in [0.2, 0.25) is 59.1 Å². The lowest BCUT2D eigenvalue weighted by Crippen LogP contribution is -2.64. The highest BCUT2D eigenvalue weighted by atomic mass is 16.7. The Morgan fingerprint density at radius 2 is 0.704 bits per heavy atom. The van der Waals surface area contributed by atoms with Gasteiger partial charge in [0.15, 0.2) is 18.9 Å². The molecule has 41 heteroatoms. The fourth-order valence-corrected chi connectivity index (χ4v) is 12.2. The summed E-state index contributed by atoms with van der Waals surface area (Å²) in [6.07, 6.45) is -12.9. The molecule has 3 heterocycles. The molecule has 618 valence electrons. The van der Waals surface area contributed by atoms with E-state index < -0.39 is 191 Å². The van der Waals surface area contributed by atoms with E-state index in [-0.39, 0.29) is 115 Å². The van der Waals surface area contributed by atoms with E-state index in [1.165, 1.54) is 20.8 Å². The Bertz CT molecular complexity index is 2660. The van der Waals surface area contributed by atoms with E-state index in [1.807, 2.05) is 0 Å². The maximum atomic E-state index is 13.9. The highest BCUT2D eigenvalue weighted by Crippen LogP contribution is 2.32. The molecule has 1 saturated carbocycles. The molecule has 0 spiro atoms. The number of nitrogens with one attached hydrogen (secondary N) is 10. The number of hydrogen-bond donors (Lipinski definition) is 19. The maximum Gasteiger partial charge on any atom is 0.246 e. The first-order valence-electron chi connectivity index (χ1n) is 37.1. The number of rotatable bonds is 53. The summed E-state index contributed by atoms with van der Waals surface area (Å²) in [5.41, 5.74) is 8.61. The normalized spacial score (nSPS) is 27.5. The predicted molar refractivity (Wildman–Crippen MR) is 375 cm³/mol. The lowest BCUT2D eigenvalue weighted by atomic mass is 9.82. The number of unbranched alkanes of at least 4 members (excludes halogenated alkanes) is 6. The van der Waals surface area contributed by atoms with E-state index >= 15 is 0 Å². The second-order valence-corrected chi connectivity index (χ2v) is 26.7. The monoisotopic (exact) mass is 1550 g/mol. The van der Waals surface area contributed by atoms with Crippen LogP contribution in [0.4, 0.5) is 0 Å². The second kappa shape index (κ2) is 53.2. The van der Waals surface area contributed by atoms with Gasteiger partial charge in [-0.1, -0.05) is 18.0 Å². The van der Waals surface area contributed by atoms with E-state index in [4.69, 9.17) is 48.2 Å². The molecule has 10 amide bonds. The first kappa shape index (κ1) is 93.7. The van der Waals surface area contributed by atoms with Crippen LogP contribution < -0.4 is 53.2 Å². The van der Waals surface area contributed by atoms with Crippen molar-refractivity contribution in [1.29, 1.82) is 0 Å². The summed E-state index contributed by atoms with van der Waals surface area (Å²) in [5, 5.41) is 121. The van der Waals surface area contributed by atoms with Crippen LogP contribution in [0.1, 0.15) is 136 Å². The van der Waals surface area contributed by atoms with Crippen LogP contribution in [0.15, 0.2) is 5.11 Å². The quantitative estimate of drug-likeness (QED) is 0.0117. The third kappa shape index (κ3) is 35.5. The molecule has 4 fully saturated rings. The number of aliphatic hydroxyl groups excluding tert-OH is 9. The van der Waals surface area contributed by atoms with Crippen molar-refractivity contribution in [1.82, 2.24) is 53.2 Å². The zero-order valence-corrected chi connectivity index (χ0v) is 61.8. The molecule has 0 unspecified atom stereocenters. The molecule has 0 aromatic carbocycles. The predicted octanol–water partition coefficient (Wildman–Crippen LogP) is -6.20. The molecule has 41 nitrogen and oxygen atoms in total. The van der Waals surface area contributed by atoms with Crippen molar-refractivity contribution in [3.8, 4) is 0 Å². The third-order valence-electron chi connectivity index (χ3n) is 17.9. The summed E-state index contributed by atoms with van der Waals surface area (Å²) in [5.74, 6) is -5.29. The van der Waals surface area contributed by atoms with Gasteiger partial charge in [-0.25, -0.2) is 0 Å². The van der Waals surface area contributed by atoms with Crippen LogP contribution >= 0.6 is 0 Å². The largest absolute Gasteiger partial charge is 0.394 e. The number of nitrogens with zero attached hydrogens (tertiary/aromatic N) is 3. The van der Waals surface area contributed by atoms with Gasteiger partial charge in [0, 0.05) is 123 Å². The van der Waals surface area contributed by atoms with E-state index in [1.54, 1.807) is 0 Å². The second-order valence-electron chi connectivity index (χ2n) is 26.7. The lowest BCUT2D eigenvalue weighted by molar-refractivity contribution is -0.270. The Balaban J connectivity index is 1.31. The summed E-state index contributed by atoms with van der Waals surface area (Å²) in [6.45, 7) is 1.83. The SMILES string of the molecule is CC(=O)N[C@H]1[C@H](OCCCCC(=O)NCCCNC(=O)COC2[C@H](OCC(=O)NCCCNC(=O)CCCCO[C@@H]3O[C@H](CO)[C@H](O)[C@H](O)[C@H]3NC(C)=O)CC(C(=O)NCCCCCCN=[N+]=[N-])C[C@H]2OCC(=O)NCCCNC(=O)CCCCO[C@@H]2O[C@H](CO)[C@H](O)[C@H](O)[C@H]2NC(C)=O)O[C@H](CO)[C@H](O)[C@@H]1O. The minimum atomic E-state index is -1.48. The van der Waals surface area contributed by atoms with Gasteiger partial charge in [-0.05, 0) is 89.0 Å². The topological polar surface area (TPSA) is 605 Å².